The molecule has 4 aliphatic heterocycles. The van der Waals surface area contributed by atoms with E-state index in [9.17, 15) is 61.1 Å². The average molecular weight is 1660 g/mol. The topological polar surface area (TPSA) is 382 Å². The number of fused-ring (bicyclic) bond motifs is 6. The Balaban J connectivity index is 0.000000250. The van der Waals surface area contributed by atoms with Crippen molar-refractivity contribution in [1.29, 1.82) is 0 Å². The van der Waals surface area contributed by atoms with E-state index in [1.54, 1.807) is 60.9 Å². The molecule has 26 nitrogen and oxygen atoms in total. The predicted octanol–water partition coefficient (Wildman–Crippen LogP) is 14.8. The third kappa shape index (κ3) is 32.6. The molecule has 115 heavy (non-hydrogen) atoms. The number of aliphatic carboxylic acids is 2. The lowest BCUT2D eigenvalue weighted by Crippen LogP contribution is -2.45. The van der Waals surface area contributed by atoms with E-state index in [1.165, 1.54) is 20.7 Å². The number of carbonyl (C=O) groups is 11. The first-order valence-corrected chi connectivity index (χ1v) is 41.1. The molecule has 0 unspecified atom stereocenters. The molecule has 8 fully saturated rings. The second-order valence-electron chi connectivity index (χ2n) is 38.1. The van der Waals surface area contributed by atoms with Crippen LogP contribution in [0.3, 0.4) is 0 Å². The summed E-state index contributed by atoms with van der Waals surface area (Å²) in [6.07, 6.45) is 9.96. The number of piperidine rings is 4. The minimum absolute atomic E-state index is 0.00276. The van der Waals surface area contributed by atoms with Gasteiger partial charge in [0.05, 0.1) is 34.5 Å². The van der Waals surface area contributed by atoms with Gasteiger partial charge in [-0.25, -0.2) is 14.4 Å². The summed E-state index contributed by atoms with van der Waals surface area (Å²) in [6, 6.07) is 14.2. The molecule has 8 aliphatic rings. The van der Waals surface area contributed by atoms with Crippen LogP contribution in [0.25, 0.3) is 21.8 Å². The van der Waals surface area contributed by atoms with Crippen molar-refractivity contribution in [2.75, 3.05) is 11.9 Å². The number of ether oxygens (including phenoxy) is 2. The van der Waals surface area contributed by atoms with Gasteiger partial charge in [0.1, 0.15) is 36.1 Å². The number of nitrogens with one attached hydrogen (secondary N) is 1. The third-order valence-corrected chi connectivity index (χ3v) is 20.5. The number of nitrogens with two attached hydrogens (primary N) is 3. The number of primary amides is 2. The number of likely N-dealkylation sites (tertiary alicyclic amines) is 3. The number of alkyl halides is 5. The van der Waals surface area contributed by atoms with E-state index >= 15 is 0 Å². The number of ketones is 3. The van der Waals surface area contributed by atoms with Crippen LogP contribution in [0.1, 0.15) is 261 Å². The number of Topliss-reactive ketones (excluding diaryl/α,β-unsaturated/α-hetero) is 3. The van der Waals surface area contributed by atoms with E-state index in [4.69, 9.17) is 64.9 Å². The summed E-state index contributed by atoms with van der Waals surface area (Å²) in [5.74, 6) is -0.356. The van der Waals surface area contributed by atoms with Gasteiger partial charge in [-0.15, -0.1) is 23.2 Å². The Morgan fingerprint density at radius 2 is 0.852 bits per heavy atom. The van der Waals surface area contributed by atoms with Crippen LogP contribution in [0.5, 0.6) is 0 Å². The fourth-order valence-electron chi connectivity index (χ4n) is 14.8. The molecule has 0 spiro atoms. The zero-order valence-corrected chi connectivity index (χ0v) is 72.1. The zero-order valence-electron chi connectivity index (χ0n) is 70.6. The van der Waals surface area contributed by atoms with Gasteiger partial charge < -0.3 is 47.1 Å². The van der Waals surface area contributed by atoms with Crippen molar-refractivity contribution in [1.82, 2.24) is 39.6 Å². The molecule has 4 aromatic rings. The quantitative estimate of drug-likeness (QED) is 0.0353. The van der Waals surface area contributed by atoms with Crippen LogP contribution < -0.4 is 22.5 Å². The van der Waals surface area contributed by atoms with E-state index in [-0.39, 0.29) is 100 Å². The SMILES string of the molecule is CC(C)(C)CCCC(=O)[C@@H]1C[C@H]2C[C@H]2N1.CC(C)(C)CCCC(=O)[C@@H]1C[C@H]2C[C@H]2N1C(=O)Cn1nc(C(N)=O)c2ccccc21.CC(C)(C)CCCC(=O)[C@@H]1C[C@H]2C[C@H]2N1C(=O)OC(C)(C)C.CC(C)(C)CCN.CC(C)(C)OC(=O)N1[C@@H]2C[C@@H]2C[C@H]1C(=O)O.ClCCl.NC(=O)c1nn(CC(=O)O)c2ccccc12.O=CC(F)(F)F. The highest BCUT2D eigenvalue weighted by molar-refractivity contribution is 6.40. The maximum atomic E-state index is 13.2. The van der Waals surface area contributed by atoms with Gasteiger partial charge in [-0.1, -0.05) is 119 Å². The number of carboxylic acid groups (broad SMARTS) is 2. The van der Waals surface area contributed by atoms with Crippen LogP contribution in [-0.2, 0) is 56.1 Å². The lowest BCUT2D eigenvalue weighted by Gasteiger charge is -2.30. The Morgan fingerprint density at radius 1 is 0.504 bits per heavy atom. The summed E-state index contributed by atoms with van der Waals surface area (Å²) >= 11 is 9.53. The maximum Gasteiger partial charge on any atom is 0.446 e. The number of rotatable bonds is 20. The number of aldehydes is 1. The fourth-order valence-corrected chi connectivity index (χ4v) is 14.8. The molecule has 12 rings (SSSR count). The Kier molecular flexibility index (Phi) is 34.9. The normalized spacial score (nSPS) is 23.1. The number of aromatic nitrogens is 4. The third-order valence-electron chi connectivity index (χ3n) is 20.5. The number of amides is 5. The molecule has 644 valence electrons. The second-order valence-corrected chi connectivity index (χ2v) is 38.9. The zero-order chi connectivity index (χ0) is 87.0. The smallest absolute Gasteiger partial charge is 0.446 e. The molecule has 0 radical (unpaired) electrons. The molecule has 31 heteroatoms. The van der Waals surface area contributed by atoms with E-state index in [0.29, 0.717) is 81.5 Å². The number of carboxylic acids is 2. The largest absolute Gasteiger partial charge is 0.480 e. The Bertz CT molecular complexity index is 4000. The molecular weight excluding hydrogens is 1530 g/mol. The van der Waals surface area contributed by atoms with Crippen LogP contribution in [0.15, 0.2) is 48.5 Å². The molecule has 12 atom stereocenters. The van der Waals surface area contributed by atoms with Crippen LogP contribution in [0.2, 0.25) is 0 Å². The second kappa shape index (κ2) is 41.1. The molecule has 2 aromatic carbocycles. The molecule has 5 amide bonds. The van der Waals surface area contributed by atoms with E-state index in [1.807, 2.05) is 39.0 Å². The highest BCUT2D eigenvalue weighted by Crippen LogP contribution is 2.51. The molecule has 2 aromatic heterocycles. The highest BCUT2D eigenvalue weighted by Gasteiger charge is 2.59. The van der Waals surface area contributed by atoms with Gasteiger partial charge in [-0.05, 0) is 202 Å². The summed E-state index contributed by atoms with van der Waals surface area (Å²) in [5, 5.41) is 30.7. The Labute approximate surface area is 685 Å². The van der Waals surface area contributed by atoms with Crippen LogP contribution in [0.4, 0.5) is 22.8 Å². The van der Waals surface area contributed by atoms with Gasteiger partial charge in [-0.3, -0.25) is 57.5 Å². The van der Waals surface area contributed by atoms with Gasteiger partial charge >= 0.3 is 30.3 Å². The molecular formula is C84H128Cl2F3N11O15. The molecule has 0 bridgehead atoms. The lowest BCUT2D eigenvalue weighted by molar-refractivity contribution is -0.156. The summed E-state index contributed by atoms with van der Waals surface area (Å²) in [6.45, 7) is 37.8. The molecule has 6 heterocycles. The molecule has 9 N–H and O–H groups in total. The van der Waals surface area contributed by atoms with Crippen molar-refractivity contribution in [2.45, 2.75) is 319 Å². The first kappa shape index (κ1) is 97.8. The van der Waals surface area contributed by atoms with Crippen molar-refractivity contribution >= 4 is 110 Å². The standard InChI is InChI=1S/C23H30N4O3.C18H31NO3.C13H23NO.C11H17NO4.C10H9N3O3.C6H15N.C2HF3O.CH2Cl2/c1-23(2,3)10-6-9-19(28)18-12-14-11-17(14)27(18)20(29)13-26-16-8-5-4-7-15(16)21(25-26)22(24)30;1-17(2,3)9-7-8-15(20)14-11-12-10-13(12)19(14)16(21)22-18(4,5)6;1-13(2,3)6-4-5-12(15)11-8-9-7-10(9)14-11;1-11(2,3)16-10(15)12-7-4-6(7)5-8(12)9(13)14;11-10(16)9-6-3-1-2-4-7(6)13(12-9)5-8(14)15;1-6(2,3)4-5-7;3-2(4,5)1-6;2-1-3/h4-5,7-8,14,17-18H,6,9-13H2,1-3H3,(H2,24,30);12-14H,7-11H2,1-6H3;9-11,14H,4-8H2,1-3H3;6-8H,4-5H2,1-3H3,(H,13,14);1-4H,5H2,(H2,11,16)(H,14,15);4-5,7H2,1-3H3;1H;1H2/t14-,17-,18+;12-,13-,14+;9-,10-,11+;6-,7-,8+;;;;/m1111..../s1. The van der Waals surface area contributed by atoms with Crippen molar-refractivity contribution in [3.63, 3.8) is 0 Å². The molecule has 4 saturated carbocycles. The van der Waals surface area contributed by atoms with Gasteiger partial charge in [0.2, 0.25) is 12.2 Å². The van der Waals surface area contributed by atoms with Crippen molar-refractivity contribution in [3.05, 3.63) is 59.9 Å². The number of carbonyl (C=O) groups excluding carboxylic acids is 9. The Morgan fingerprint density at radius 3 is 1.17 bits per heavy atom. The summed E-state index contributed by atoms with van der Waals surface area (Å²) in [5.41, 5.74) is 17.6. The first-order valence-electron chi connectivity index (χ1n) is 40.0. The molecule has 4 aliphatic carbocycles. The van der Waals surface area contributed by atoms with E-state index in [0.717, 1.165) is 102 Å². The van der Waals surface area contributed by atoms with E-state index < -0.39 is 59.6 Å². The summed E-state index contributed by atoms with van der Waals surface area (Å²) in [7, 11) is 0. The minimum Gasteiger partial charge on any atom is -0.480 e. The molecule has 4 saturated heterocycles. The predicted molar refractivity (Wildman–Crippen MR) is 436 cm³/mol. The summed E-state index contributed by atoms with van der Waals surface area (Å²) in [4.78, 5) is 133. The highest BCUT2D eigenvalue weighted by atomic mass is 35.5. The number of benzene rings is 2. The van der Waals surface area contributed by atoms with Crippen LogP contribution >= 0.6 is 23.2 Å². The van der Waals surface area contributed by atoms with Gasteiger partial charge in [0.25, 0.3) is 11.8 Å². The average Bonchev–Trinajstić information content (AvgIpc) is 1.60. The van der Waals surface area contributed by atoms with Crippen molar-refractivity contribution in [3.8, 4) is 0 Å². The maximum absolute atomic E-state index is 13.2. The fraction of sp³-hybridized carbons (Fsp3) is 0.702. The summed E-state index contributed by atoms with van der Waals surface area (Å²) < 4.78 is 44.7. The van der Waals surface area contributed by atoms with Gasteiger partial charge in [0, 0.05) is 54.2 Å². The van der Waals surface area contributed by atoms with E-state index in [2.05, 4.69) is 98.6 Å². The Hall–Kier alpha value is -7.76. The van der Waals surface area contributed by atoms with Crippen LogP contribution in [-0.4, -0.2) is 188 Å². The number of nitrogens with zero attached hydrogens (tertiary/aromatic N) is 7. The van der Waals surface area contributed by atoms with Gasteiger partial charge in [-0.2, -0.15) is 23.4 Å². The lowest BCUT2D eigenvalue weighted by atomic mass is 9.88. The van der Waals surface area contributed by atoms with Crippen molar-refractivity contribution < 1.29 is 85.6 Å². The number of hydrogen-bond acceptors (Lipinski definition) is 17. The first-order chi connectivity index (χ1) is 53.0. The van der Waals surface area contributed by atoms with Crippen molar-refractivity contribution in [2.24, 2.45) is 62.5 Å². The number of halogens is 5. The minimum atomic E-state index is -4.64. The monoisotopic (exact) mass is 1660 g/mol. The number of para-hydroxylation sites is 2. The van der Waals surface area contributed by atoms with Gasteiger partial charge in [0.15, 0.2) is 23.0 Å². The number of hydrogen-bond donors (Lipinski definition) is 6. The van der Waals surface area contributed by atoms with Crippen LogP contribution in [0, 0.1) is 45.3 Å².